The Morgan fingerprint density at radius 3 is 2.45 bits per heavy atom. The maximum absolute atomic E-state index is 11.4. The molecule has 0 rings (SSSR count). The highest BCUT2D eigenvalue weighted by molar-refractivity contribution is 5.58. The van der Waals surface area contributed by atoms with Gasteiger partial charge in [0.05, 0.1) is 6.42 Å². The van der Waals surface area contributed by atoms with E-state index in [9.17, 15) is 13.2 Å². The first kappa shape index (κ1) is 10.2. The largest absolute Gasteiger partial charge is 0.393 e. The molecule has 0 fully saturated rings. The Hall–Kier alpha value is -0.800. The highest BCUT2D eigenvalue weighted by Gasteiger charge is 2.24. The highest BCUT2D eigenvalue weighted by Crippen LogP contribution is 2.17. The van der Waals surface area contributed by atoms with Gasteiger partial charge in [-0.2, -0.15) is 13.2 Å². The van der Waals surface area contributed by atoms with Crippen LogP contribution in [0.4, 0.5) is 13.2 Å². The van der Waals surface area contributed by atoms with Crippen molar-refractivity contribution in [1.82, 2.24) is 0 Å². The fourth-order valence-corrected chi connectivity index (χ4v) is 0.383. The summed E-state index contributed by atoms with van der Waals surface area (Å²) in [5.41, 5.74) is 0. The Morgan fingerprint density at radius 2 is 2.00 bits per heavy atom. The summed E-state index contributed by atoms with van der Waals surface area (Å²) in [6.45, 7) is 1.88. The molecule has 0 saturated carbocycles. The molecule has 0 N–H and O–H groups in total. The first-order chi connectivity index (χ1) is 5.06. The van der Waals surface area contributed by atoms with Crippen molar-refractivity contribution < 1.29 is 13.2 Å². The van der Waals surface area contributed by atoms with Crippen LogP contribution in [0.25, 0.3) is 0 Å². The zero-order chi connectivity index (χ0) is 8.74. The van der Waals surface area contributed by atoms with Gasteiger partial charge in [0.1, 0.15) is 0 Å². The topological polar surface area (TPSA) is 12.4 Å². The lowest BCUT2D eigenvalue weighted by molar-refractivity contribution is -0.120. The van der Waals surface area contributed by atoms with Crippen molar-refractivity contribution in [3.63, 3.8) is 0 Å². The summed E-state index contributed by atoms with van der Waals surface area (Å²) < 4.78 is 34.3. The van der Waals surface area contributed by atoms with Gasteiger partial charge in [-0.3, -0.25) is 4.99 Å². The van der Waals surface area contributed by atoms with Crippen LogP contribution in [0.1, 0.15) is 19.8 Å². The molecule has 0 atom stereocenters. The van der Waals surface area contributed by atoms with Gasteiger partial charge in [-0.15, -0.1) is 0 Å². The van der Waals surface area contributed by atoms with Crippen LogP contribution in [-0.4, -0.2) is 12.4 Å². The number of alkyl halides is 3. The summed E-state index contributed by atoms with van der Waals surface area (Å²) in [4.78, 5) is 3.42. The molecule has 64 valence electrons. The van der Waals surface area contributed by atoms with E-state index in [4.69, 9.17) is 0 Å². The van der Waals surface area contributed by atoms with Crippen molar-refractivity contribution in [1.29, 1.82) is 0 Å². The minimum atomic E-state index is -4.14. The Labute approximate surface area is 63.6 Å². The molecule has 0 bridgehead atoms. The minimum Gasteiger partial charge on any atom is -0.269 e. The fraction of sp³-hybridized carbons (Fsp3) is 0.571. The van der Waals surface area contributed by atoms with Gasteiger partial charge in [0.2, 0.25) is 0 Å². The van der Waals surface area contributed by atoms with Gasteiger partial charge < -0.3 is 0 Å². The zero-order valence-corrected chi connectivity index (χ0v) is 6.23. The molecule has 0 saturated heterocycles. The van der Waals surface area contributed by atoms with E-state index in [-0.39, 0.29) is 0 Å². The van der Waals surface area contributed by atoms with E-state index in [2.05, 4.69) is 4.99 Å². The van der Waals surface area contributed by atoms with Crippen LogP contribution in [-0.2, 0) is 0 Å². The maximum Gasteiger partial charge on any atom is 0.393 e. The van der Waals surface area contributed by atoms with Crippen molar-refractivity contribution in [2.45, 2.75) is 25.9 Å². The van der Waals surface area contributed by atoms with E-state index < -0.39 is 12.6 Å². The lowest BCUT2D eigenvalue weighted by atomic mass is 10.4. The molecule has 0 aromatic heterocycles. The van der Waals surface area contributed by atoms with E-state index >= 15 is 0 Å². The van der Waals surface area contributed by atoms with Crippen LogP contribution in [0, 0.1) is 0 Å². The number of rotatable bonds is 3. The molecule has 4 heteroatoms. The summed E-state index contributed by atoms with van der Waals surface area (Å²) in [7, 11) is 0. The second kappa shape index (κ2) is 4.93. The summed E-state index contributed by atoms with van der Waals surface area (Å²) in [6, 6.07) is 0. The molecule has 11 heavy (non-hydrogen) atoms. The highest BCUT2D eigenvalue weighted by atomic mass is 19.4. The predicted octanol–water partition coefficient (Wildman–Crippen LogP) is 2.93. The number of nitrogens with zero attached hydrogens (tertiary/aromatic N) is 1. The second-order valence-corrected chi connectivity index (χ2v) is 1.94. The summed E-state index contributed by atoms with van der Waals surface area (Å²) in [5, 5.41) is 0. The fourth-order valence-electron chi connectivity index (χ4n) is 0.383. The SMILES string of the molecule is CC/C=C\N=CCC(F)(F)F. The van der Waals surface area contributed by atoms with E-state index in [1.165, 1.54) is 6.20 Å². The lowest BCUT2D eigenvalue weighted by Gasteiger charge is -1.98. The molecule has 0 amide bonds. The Kier molecular flexibility index (Phi) is 4.57. The predicted molar refractivity (Wildman–Crippen MR) is 38.6 cm³/mol. The Balaban J connectivity index is 3.53. The maximum atomic E-state index is 11.4. The number of hydrogen-bond acceptors (Lipinski definition) is 1. The van der Waals surface area contributed by atoms with Gasteiger partial charge in [0, 0.05) is 12.4 Å². The van der Waals surface area contributed by atoms with Crippen LogP contribution in [0.2, 0.25) is 0 Å². The quantitative estimate of drug-likeness (QED) is 0.570. The van der Waals surface area contributed by atoms with Crippen LogP contribution >= 0.6 is 0 Å². The average Bonchev–Trinajstić information content (AvgIpc) is 1.85. The molecule has 0 aromatic rings. The van der Waals surface area contributed by atoms with Crippen molar-refractivity contribution in [3.8, 4) is 0 Å². The van der Waals surface area contributed by atoms with Crippen molar-refractivity contribution >= 4 is 6.21 Å². The Morgan fingerprint density at radius 1 is 1.36 bits per heavy atom. The number of allylic oxidation sites excluding steroid dienone is 1. The first-order valence-corrected chi connectivity index (χ1v) is 3.29. The zero-order valence-electron chi connectivity index (χ0n) is 6.23. The Bertz CT molecular complexity index is 146. The van der Waals surface area contributed by atoms with Crippen LogP contribution in [0.15, 0.2) is 17.3 Å². The molecule has 0 aromatic carbocycles. The van der Waals surface area contributed by atoms with Gasteiger partial charge in [0.15, 0.2) is 0 Å². The van der Waals surface area contributed by atoms with Crippen molar-refractivity contribution in [3.05, 3.63) is 12.3 Å². The van der Waals surface area contributed by atoms with Crippen molar-refractivity contribution in [2.75, 3.05) is 0 Å². The number of hydrogen-bond donors (Lipinski definition) is 0. The number of halogens is 3. The standard InChI is InChI=1S/C7H10F3N/c1-2-3-5-11-6-4-7(8,9)10/h3,5-6H,2,4H2,1H3/b5-3-,11-6?. The van der Waals surface area contributed by atoms with Crippen LogP contribution in [0.5, 0.6) is 0 Å². The average molecular weight is 165 g/mol. The molecular weight excluding hydrogens is 155 g/mol. The third-order valence-electron chi connectivity index (χ3n) is 0.855. The van der Waals surface area contributed by atoms with Crippen LogP contribution in [0.3, 0.4) is 0 Å². The van der Waals surface area contributed by atoms with Crippen molar-refractivity contribution in [2.24, 2.45) is 4.99 Å². The third kappa shape index (κ3) is 9.20. The van der Waals surface area contributed by atoms with Gasteiger partial charge in [-0.05, 0) is 6.42 Å². The monoisotopic (exact) mass is 165 g/mol. The third-order valence-corrected chi connectivity index (χ3v) is 0.855. The van der Waals surface area contributed by atoms with E-state index in [0.717, 1.165) is 12.6 Å². The molecule has 0 aliphatic carbocycles. The van der Waals surface area contributed by atoms with Crippen LogP contribution < -0.4 is 0 Å². The summed E-state index contributed by atoms with van der Waals surface area (Å²) in [5.74, 6) is 0. The molecular formula is C7H10F3N. The van der Waals surface area contributed by atoms with E-state index in [0.29, 0.717) is 0 Å². The summed E-state index contributed by atoms with van der Waals surface area (Å²) >= 11 is 0. The number of aliphatic imine (C=N–C) groups is 1. The smallest absolute Gasteiger partial charge is 0.269 e. The minimum absolute atomic E-state index is 0.781. The van der Waals surface area contributed by atoms with Gasteiger partial charge in [-0.1, -0.05) is 13.0 Å². The lowest BCUT2D eigenvalue weighted by Crippen LogP contribution is -2.06. The molecule has 0 aliphatic heterocycles. The van der Waals surface area contributed by atoms with E-state index in [1.807, 2.05) is 6.92 Å². The molecule has 0 aliphatic rings. The first-order valence-electron chi connectivity index (χ1n) is 3.29. The normalized spacial score (nSPS) is 13.5. The van der Waals surface area contributed by atoms with E-state index in [1.54, 1.807) is 6.08 Å². The van der Waals surface area contributed by atoms with Gasteiger partial charge in [-0.25, -0.2) is 0 Å². The molecule has 0 heterocycles. The molecule has 0 radical (unpaired) electrons. The van der Waals surface area contributed by atoms with Gasteiger partial charge in [0.25, 0.3) is 0 Å². The molecule has 1 nitrogen and oxygen atoms in total. The summed E-state index contributed by atoms with van der Waals surface area (Å²) in [6.07, 6.45) is -0.404. The van der Waals surface area contributed by atoms with Gasteiger partial charge >= 0.3 is 6.18 Å². The second-order valence-electron chi connectivity index (χ2n) is 1.94. The molecule has 0 spiro atoms. The molecule has 0 unspecified atom stereocenters.